The molecule has 0 amide bonds. The average Bonchev–Trinajstić information content (AvgIpc) is 2.37. The number of hydrogen-bond donors (Lipinski definition) is 2. The Hall–Kier alpha value is -2.49. The van der Waals surface area contributed by atoms with Crippen molar-refractivity contribution in [3.63, 3.8) is 0 Å². The summed E-state index contributed by atoms with van der Waals surface area (Å²) >= 11 is 0. The maximum atomic E-state index is 10.5. The molecule has 0 spiro atoms. The van der Waals surface area contributed by atoms with E-state index in [0.717, 1.165) is 0 Å². The predicted octanol–water partition coefficient (Wildman–Crippen LogP) is 2.52. The lowest BCUT2D eigenvalue weighted by atomic mass is 10.0. The van der Waals surface area contributed by atoms with E-state index in [9.17, 15) is 9.90 Å². The van der Waals surface area contributed by atoms with Gasteiger partial charge >= 0.3 is 5.97 Å². The van der Waals surface area contributed by atoms with Crippen molar-refractivity contribution in [2.45, 2.75) is 0 Å². The highest BCUT2D eigenvalue weighted by Gasteiger charge is 2.10. The molecule has 2 aromatic carbocycles. The highest BCUT2D eigenvalue weighted by molar-refractivity contribution is 5.76. The fourth-order valence-corrected chi connectivity index (χ4v) is 1.66. The smallest absolute Gasteiger partial charge is 0.341 e. The van der Waals surface area contributed by atoms with E-state index in [-0.39, 0.29) is 5.75 Å². The normalized spacial score (nSPS) is 10.0. The fourth-order valence-electron chi connectivity index (χ4n) is 1.66. The molecule has 0 unspecified atom stereocenters. The Kier molecular flexibility index (Phi) is 3.48. The van der Waals surface area contributed by atoms with Crippen molar-refractivity contribution >= 4 is 5.97 Å². The van der Waals surface area contributed by atoms with Crippen molar-refractivity contribution < 1.29 is 19.7 Å². The van der Waals surface area contributed by atoms with Crippen molar-refractivity contribution in [2.24, 2.45) is 0 Å². The molecule has 0 fully saturated rings. The number of phenols is 1. The molecule has 0 saturated heterocycles. The Bertz CT molecular complexity index is 563. The first-order valence-electron chi connectivity index (χ1n) is 5.40. The molecule has 0 aromatic heterocycles. The molecule has 2 N–H and O–H groups in total. The van der Waals surface area contributed by atoms with Crippen molar-refractivity contribution in [1.29, 1.82) is 0 Å². The number of rotatable bonds is 4. The zero-order valence-corrected chi connectivity index (χ0v) is 9.54. The quantitative estimate of drug-likeness (QED) is 0.867. The van der Waals surface area contributed by atoms with Crippen molar-refractivity contribution in [1.82, 2.24) is 0 Å². The van der Waals surface area contributed by atoms with Gasteiger partial charge in [-0.05, 0) is 12.1 Å². The molecule has 0 bridgehead atoms. The second-order valence-corrected chi connectivity index (χ2v) is 3.70. The van der Waals surface area contributed by atoms with Gasteiger partial charge in [-0.2, -0.15) is 0 Å². The zero-order valence-electron chi connectivity index (χ0n) is 9.54. The predicted molar refractivity (Wildman–Crippen MR) is 66.7 cm³/mol. The van der Waals surface area contributed by atoms with Crippen LogP contribution in [0.5, 0.6) is 11.5 Å². The number of aliphatic carboxylic acids is 1. The van der Waals surface area contributed by atoms with Crippen LogP contribution >= 0.6 is 0 Å². The van der Waals surface area contributed by atoms with Crippen LogP contribution in [0.1, 0.15) is 0 Å². The first kappa shape index (κ1) is 12.0. The fraction of sp³-hybridized carbons (Fsp3) is 0.0714. The lowest BCUT2D eigenvalue weighted by Crippen LogP contribution is -2.09. The van der Waals surface area contributed by atoms with Gasteiger partial charge in [-0.15, -0.1) is 0 Å². The molecule has 0 radical (unpaired) electrons. The van der Waals surface area contributed by atoms with E-state index >= 15 is 0 Å². The van der Waals surface area contributed by atoms with Gasteiger partial charge in [-0.1, -0.05) is 36.4 Å². The molecule has 0 heterocycles. The molecule has 4 heteroatoms. The third-order valence-electron chi connectivity index (χ3n) is 2.43. The Morgan fingerprint density at radius 2 is 1.61 bits per heavy atom. The summed E-state index contributed by atoms with van der Waals surface area (Å²) in [4.78, 5) is 10.5. The van der Waals surface area contributed by atoms with Gasteiger partial charge in [0, 0.05) is 11.1 Å². The van der Waals surface area contributed by atoms with E-state index in [1.54, 1.807) is 48.5 Å². The van der Waals surface area contributed by atoms with E-state index in [1.165, 1.54) is 0 Å². The van der Waals surface area contributed by atoms with Gasteiger partial charge in [0.2, 0.25) is 0 Å². The first-order valence-corrected chi connectivity index (χ1v) is 5.40. The van der Waals surface area contributed by atoms with Crippen molar-refractivity contribution in [2.75, 3.05) is 6.61 Å². The molecule has 18 heavy (non-hydrogen) atoms. The zero-order chi connectivity index (χ0) is 13.0. The van der Waals surface area contributed by atoms with Crippen LogP contribution in [0.3, 0.4) is 0 Å². The topological polar surface area (TPSA) is 66.8 Å². The van der Waals surface area contributed by atoms with Crippen molar-refractivity contribution in [3.8, 4) is 22.6 Å². The van der Waals surface area contributed by atoms with Crippen LogP contribution in [0.4, 0.5) is 0 Å². The third-order valence-corrected chi connectivity index (χ3v) is 2.43. The van der Waals surface area contributed by atoms with E-state index in [0.29, 0.717) is 16.9 Å². The summed E-state index contributed by atoms with van der Waals surface area (Å²) in [7, 11) is 0. The number of ether oxygens (including phenoxy) is 1. The SMILES string of the molecule is O=C(O)COc1ccccc1-c1ccccc1O. The highest BCUT2D eigenvalue weighted by Crippen LogP contribution is 2.35. The van der Waals surface area contributed by atoms with Gasteiger partial charge in [0.15, 0.2) is 6.61 Å². The van der Waals surface area contributed by atoms with Gasteiger partial charge < -0.3 is 14.9 Å². The summed E-state index contributed by atoms with van der Waals surface area (Å²) in [5.41, 5.74) is 1.27. The Balaban J connectivity index is 2.39. The van der Waals surface area contributed by atoms with Crippen LogP contribution in [0.2, 0.25) is 0 Å². The van der Waals surface area contributed by atoms with Gasteiger partial charge in [0.25, 0.3) is 0 Å². The average molecular weight is 244 g/mol. The minimum Gasteiger partial charge on any atom is -0.507 e. The lowest BCUT2D eigenvalue weighted by Gasteiger charge is -2.11. The molecule has 92 valence electrons. The Morgan fingerprint density at radius 1 is 1.00 bits per heavy atom. The van der Waals surface area contributed by atoms with E-state index in [1.807, 2.05) is 0 Å². The molecule has 2 aromatic rings. The second kappa shape index (κ2) is 5.23. The number of carboxylic acids is 1. The monoisotopic (exact) mass is 244 g/mol. The third kappa shape index (κ3) is 2.60. The number of para-hydroxylation sites is 2. The number of phenolic OH excluding ortho intramolecular Hbond substituents is 1. The summed E-state index contributed by atoms with van der Waals surface area (Å²) in [5, 5.41) is 18.4. The van der Waals surface area contributed by atoms with Crippen LogP contribution in [0.25, 0.3) is 11.1 Å². The standard InChI is InChI=1S/C14H12O4/c15-12-7-3-1-5-10(12)11-6-2-4-8-13(11)18-9-14(16)17/h1-8,15H,9H2,(H,16,17). The van der Waals surface area contributed by atoms with Crippen LogP contribution in [-0.4, -0.2) is 22.8 Å². The molecule has 0 aliphatic carbocycles. The summed E-state index contributed by atoms with van der Waals surface area (Å²) in [6, 6.07) is 13.8. The Labute approximate surface area is 104 Å². The minimum absolute atomic E-state index is 0.129. The van der Waals surface area contributed by atoms with Gasteiger partial charge in [0.1, 0.15) is 11.5 Å². The van der Waals surface area contributed by atoms with Gasteiger partial charge in [-0.3, -0.25) is 0 Å². The molecule has 0 aliphatic heterocycles. The molecule has 0 atom stereocenters. The van der Waals surface area contributed by atoms with Gasteiger partial charge in [-0.25, -0.2) is 4.79 Å². The molecule has 0 saturated carbocycles. The number of hydrogen-bond acceptors (Lipinski definition) is 3. The van der Waals surface area contributed by atoms with Crippen LogP contribution in [0.15, 0.2) is 48.5 Å². The molecule has 2 rings (SSSR count). The lowest BCUT2D eigenvalue weighted by molar-refractivity contribution is -0.139. The minimum atomic E-state index is -1.04. The number of carbonyl (C=O) groups is 1. The van der Waals surface area contributed by atoms with E-state index in [2.05, 4.69) is 0 Å². The van der Waals surface area contributed by atoms with Crippen LogP contribution in [-0.2, 0) is 4.79 Å². The summed E-state index contributed by atoms with van der Waals surface area (Å²) < 4.78 is 5.20. The summed E-state index contributed by atoms with van der Waals surface area (Å²) in [5.74, 6) is -0.479. The number of benzene rings is 2. The van der Waals surface area contributed by atoms with Crippen molar-refractivity contribution in [3.05, 3.63) is 48.5 Å². The first-order chi connectivity index (χ1) is 8.68. The van der Waals surface area contributed by atoms with Gasteiger partial charge in [0.05, 0.1) is 0 Å². The molecule has 4 nitrogen and oxygen atoms in total. The van der Waals surface area contributed by atoms with E-state index in [4.69, 9.17) is 9.84 Å². The molecular formula is C14H12O4. The summed E-state index contributed by atoms with van der Waals surface area (Å²) in [6.45, 7) is -0.412. The van der Waals surface area contributed by atoms with Crippen LogP contribution < -0.4 is 4.74 Å². The summed E-state index contributed by atoms with van der Waals surface area (Å²) in [6.07, 6.45) is 0. The number of aromatic hydroxyl groups is 1. The highest BCUT2D eigenvalue weighted by atomic mass is 16.5. The van der Waals surface area contributed by atoms with Crippen LogP contribution in [0, 0.1) is 0 Å². The maximum Gasteiger partial charge on any atom is 0.341 e. The maximum absolute atomic E-state index is 10.5. The molecule has 0 aliphatic rings. The number of carboxylic acid groups (broad SMARTS) is 1. The Morgan fingerprint density at radius 3 is 2.28 bits per heavy atom. The second-order valence-electron chi connectivity index (χ2n) is 3.70. The largest absolute Gasteiger partial charge is 0.507 e. The molecular weight excluding hydrogens is 232 g/mol. The van der Waals surface area contributed by atoms with E-state index < -0.39 is 12.6 Å².